The van der Waals surface area contributed by atoms with Crippen molar-refractivity contribution in [3.05, 3.63) is 5.01 Å². The van der Waals surface area contributed by atoms with Crippen LogP contribution in [0.15, 0.2) is 0 Å². The number of carbonyl (C=O) groups excluding carboxylic acids is 2. The average molecular weight is 358 g/mol. The lowest BCUT2D eigenvalue weighted by molar-refractivity contribution is -0.141. The number of hydrogen-bond donors (Lipinski definition) is 0. The van der Waals surface area contributed by atoms with Gasteiger partial charge < -0.3 is 4.90 Å². The molecule has 24 heavy (non-hydrogen) atoms. The van der Waals surface area contributed by atoms with Gasteiger partial charge in [-0.05, 0) is 6.42 Å². The fourth-order valence-electron chi connectivity index (χ4n) is 3.04. The molecule has 9 heteroatoms. The zero-order chi connectivity index (χ0) is 17.3. The molecule has 0 radical (unpaired) electrons. The Kier molecular flexibility index (Phi) is 4.80. The van der Waals surface area contributed by atoms with Gasteiger partial charge in [0.25, 0.3) is 5.92 Å². The van der Waals surface area contributed by atoms with Crippen LogP contribution in [0.3, 0.4) is 0 Å². The standard InChI is InChI=1S/C15H20F2N4O2S/c1-2-3-11-18-19-14(24-11)21-9-10(8-12(21)22)13(23)20-6-4-15(16,17)5-7-20/h10H,2-9H2,1H3. The molecule has 3 rings (SSSR count). The van der Waals surface area contributed by atoms with Crippen LogP contribution < -0.4 is 4.90 Å². The number of rotatable bonds is 4. The highest BCUT2D eigenvalue weighted by atomic mass is 32.1. The summed E-state index contributed by atoms with van der Waals surface area (Å²) in [7, 11) is 0. The van der Waals surface area contributed by atoms with E-state index in [0.717, 1.165) is 17.8 Å². The Hall–Kier alpha value is -1.64. The van der Waals surface area contributed by atoms with E-state index in [0.29, 0.717) is 5.13 Å². The largest absolute Gasteiger partial charge is 0.342 e. The van der Waals surface area contributed by atoms with Crippen LogP contribution in [-0.4, -0.2) is 52.5 Å². The highest BCUT2D eigenvalue weighted by molar-refractivity contribution is 7.15. The van der Waals surface area contributed by atoms with Gasteiger partial charge in [-0.1, -0.05) is 18.3 Å². The molecule has 2 amide bonds. The third kappa shape index (κ3) is 3.55. The molecule has 132 valence electrons. The van der Waals surface area contributed by atoms with Gasteiger partial charge >= 0.3 is 0 Å². The van der Waals surface area contributed by atoms with Crippen molar-refractivity contribution in [3.63, 3.8) is 0 Å². The minimum absolute atomic E-state index is 0.0516. The van der Waals surface area contributed by atoms with Gasteiger partial charge in [0.05, 0.1) is 5.92 Å². The first-order valence-corrected chi connectivity index (χ1v) is 9.00. The summed E-state index contributed by atoms with van der Waals surface area (Å²) in [5.41, 5.74) is 0. The lowest BCUT2D eigenvalue weighted by Gasteiger charge is -2.33. The van der Waals surface area contributed by atoms with Crippen molar-refractivity contribution in [3.8, 4) is 0 Å². The highest BCUT2D eigenvalue weighted by Gasteiger charge is 2.41. The van der Waals surface area contributed by atoms with Crippen LogP contribution in [0.5, 0.6) is 0 Å². The van der Waals surface area contributed by atoms with E-state index in [1.165, 1.54) is 21.1 Å². The molecule has 1 aromatic heterocycles. The molecule has 2 aliphatic rings. The molecule has 0 saturated carbocycles. The zero-order valence-corrected chi connectivity index (χ0v) is 14.3. The molecular formula is C15H20F2N4O2S. The third-order valence-corrected chi connectivity index (χ3v) is 5.44. The molecule has 1 aromatic rings. The molecule has 1 unspecified atom stereocenters. The van der Waals surface area contributed by atoms with Gasteiger partial charge in [-0.25, -0.2) is 8.78 Å². The average Bonchev–Trinajstić information content (AvgIpc) is 3.13. The first-order chi connectivity index (χ1) is 11.4. The minimum atomic E-state index is -2.68. The van der Waals surface area contributed by atoms with Crippen LogP contribution in [0.1, 0.15) is 37.6 Å². The Bertz CT molecular complexity index is 627. The van der Waals surface area contributed by atoms with Crippen LogP contribution in [0.4, 0.5) is 13.9 Å². The summed E-state index contributed by atoms with van der Waals surface area (Å²) in [4.78, 5) is 27.7. The topological polar surface area (TPSA) is 66.4 Å². The summed E-state index contributed by atoms with van der Waals surface area (Å²) in [5, 5.41) is 9.49. The van der Waals surface area contributed by atoms with Crippen LogP contribution in [0.25, 0.3) is 0 Å². The van der Waals surface area contributed by atoms with Gasteiger partial charge in [0, 0.05) is 45.3 Å². The zero-order valence-electron chi connectivity index (χ0n) is 13.5. The summed E-state index contributed by atoms with van der Waals surface area (Å²) in [5.74, 6) is -3.53. The lowest BCUT2D eigenvalue weighted by atomic mass is 10.0. The van der Waals surface area contributed by atoms with Crippen molar-refractivity contribution in [1.29, 1.82) is 0 Å². The number of amides is 2. The lowest BCUT2D eigenvalue weighted by Crippen LogP contribution is -2.45. The van der Waals surface area contributed by atoms with Gasteiger partial charge in [0.2, 0.25) is 16.9 Å². The highest BCUT2D eigenvalue weighted by Crippen LogP contribution is 2.32. The predicted molar refractivity (Wildman–Crippen MR) is 85.1 cm³/mol. The maximum Gasteiger partial charge on any atom is 0.251 e. The van der Waals surface area contributed by atoms with Gasteiger partial charge in [-0.3, -0.25) is 14.5 Å². The monoisotopic (exact) mass is 358 g/mol. The van der Waals surface area contributed by atoms with Crippen molar-refractivity contribution in [2.75, 3.05) is 24.5 Å². The first-order valence-electron chi connectivity index (χ1n) is 8.19. The van der Waals surface area contributed by atoms with Crippen molar-refractivity contribution in [2.45, 2.75) is 45.0 Å². The van der Waals surface area contributed by atoms with Crippen molar-refractivity contribution >= 4 is 28.3 Å². The molecule has 0 spiro atoms. The fourth-order valence-corrected chi connectivity index (χ4v) is 4.01. The van der Waals surface area contributed by atoms with E-state index in [1.807, 2.05) is 6.92 Å². The van der Waals surface area contributed by atoms with E-state index in [-0.39, 0.29) is 50.7 Å². The van der Waals surface area contributed by atoms with E-state index in [4.69, 9.17) is 0 Å². The Balaban J connectivity index is 1.62. The molecule has 2 aliphatic heterocycles. The van der Waals surface area contributed by atoms with Crippen molar-refractivity contribution < 1.29 is 18.4 Å². The molecule has 2 saturated heterocycles. The third-order valence-electron chi connectivity index (χ3n) is 4.43. The smallest absolute Gasteiger partial charge is 0.251 e. The Morgan fingerprint density at radius 2 is 2.04 bits per heavy atom. The van der Waals surface area contributed by atoms with E-state index < -0.39 is 11.8 Å². The quantitative estimate of drug-likeness (QED) is 0.827. The molecule has 0 aliphatic carbocycles. The molecule has 0 N–H and O–H groups in total. The van der Waals surface area contributed by atoms with Crippen LogP contribution in [0.2, 0.25) is 0 Å². The molecule has 0 aromatic carbocycles. The van der Waals surface area contributed by atoms with Gasteiger partial charge in [-0.2, -0.15) is 0 Å². The van der Waals surface area contributed by atoms with Gasteiger partial charge in [0.15, 0.2) is 0 Å². The van der Waals surface area contributed by atoms with E-state index in [2.05, 4.69) is 10.2 Å². The number of carbonyl (C=O) groups is 2. The Morgan fingerprint density at radius 3 is 2.71 bits per heavy atom. The number of nitrogens with zero attached hydrogens (tertiary/aromatic N) is 4. The molecular weight excluding hydrogens is 338 g/mol. The summed E-state index contributed by atoms with van der Waals surface area (Å²) < 4.78 is 26.4. The molecule has 2 fully saturated rings. The number of piperidine rings is 1. The number of likely N-dealkylation sites (tertiary alicyclic amines) is 1. The molecule has 1 atom stereocenters. The van der Waals surface area contributed by atoms with Crippen LogP contribution >= 0.6 is 11.3 Å². The number of alkyl halides is 2. The summed E-state index contributed by atoms with van der Waals surface area (Å²) in [6, 6.07) is 0. The number of halogens is 2. The molecule has 0 bridgehead atoms. The van der Waals surface area contributed by atoms with Gasteiger partial charge in [-0.15, -0.1) is 10.2 Å². The molecule has 6 nitrogen and oxygen atoms in total. The second kappa shape index (κ2) is 6.70. The van der Waals surface area contributed by atoms with Crippen LogP contribution in [-0.2, 0) is 16.0 Å². The second-order valence-corrected chi connectivity index (χ2v) is 7.36. The number of aryl methyl sites for hydroxylation is 1. The van der Waals surface area contributed by atoms with E-state index >= 15 is 0 Å². The summed E-state index contributed by atoms with van der Waals surface area (Å²) in [6.45, 7) is 2.40. The SMILES string of the molecule is CCCc1nnc(N2CC(C(=O)N3CCC(F)(F)CC3)CC2=O)s1. The summed E-state index contributed by atoms with van der Waals surface area (Å²) >= 11 is 1.37. The Labute approximate surface area is 142 Å². The van der Waals surface area contributed by atoms with Gasteiger partial charge in [0.1, 0.15) is 5.01 Å². The second-order valence-electron chi connectivity index (χ2n) is 6.32. The maximum atomic E-state index is 13.2. The normalized spacial score (nSPS) is 23.8. The predicted octanol–water partition coefficient (Wildman–Crippen LogP) is 2.10. The van der Waals surface area contributed by atoms with E-state index in [1.54, 1.807) is 0 Å². The molecule has 3 heterocycles. The summed E-state index contributed by atoms with van der Waals surface area (Å²) in [6.07, 6.45) is 1.25. The first kappa shape index (κ1) is 17.2. The number of anilines is 1. The van der Waals surface area contributed by atoms with Crippen LogP contribution in [0, 0.1) is 5.92 Å². The van der Waals surface area contributed by atoms with Crippen molar-refractivity contribution in [1.82, 2.24) is 15.1 Å². The maximum absolute atomic E-state index is 13.2. The number of hydrogen-bond acceptors (Lipinski definition) is 5. The number of aromatic nitrogens is 2. The fraction of sp³-hybridized carbons (Fsp3) is 0.733. The Morgan fingerprint density at radius 1 is 1.33 bits per heavy atom. The van der Waals surface area contributed by atoms with E-state index in [9.17, 15) is 18.4 Å². The van der Waals surface area contributed by atoms with Crippen molar-refractivity contribution in [2.24, 2.45) is 5.92 Å². The minimum Gasteiger partial charge on any atom is -0.342 e.